The molecule has 70 heavy (non-hydrogen) atoms. The van der Waals surface area contributed by atoms with Gasteiger partial charge in [0.2, 0.25) is 0 Å². The van der Waals surface area contributed by atoms with Crippen molar-refractivity contribution < 1.29 is 22.0 Å². The fourth-order valence-electron chi connectivity index (χ4n) is 11.2. The average Bonchev–Trinajstić information content (AvgIpc) is 4.11. The highest BCUT2D eigenvalue weighted by Crippen LogP contribution is 2.47. The van der Waals surface area contributed by atoms with Gasteiger partial charge in [-0.05, 0) is 84.9 Å². The van der Waals surface area contributed by atoms with Crippen molar-refractivity contribution in [2.24, 2.45) is 0 Å². The Bertz CT molecular complexity index is 4130. The van der Waals surface area contributed by atoms with E-state index in [1.165, 1.54) is 6.07 Å². The fourth-order valence-corrected chi connectivity index (χ4v) is 11.2. The molecule has 0 saturated heterocycles. The molecule has 0 aliphatic rings. The molecular weight excluding hydrogens is 884 g/mol. The second kappa shape index (κ2) is 14.8. The Hall–Kier alpha value is -8.95. The summed E-state index contributed by atoms with van der Waals surface area (Å²) in [6.07, 6.45) is -4.88. The number of alkyl halides is 3. The second-order valence-electron chi connectivity index (χ2n) is 17.8. The van der Waals surface area contributed by atoms with Gasteiger partial charge in [-0.15, -0.1) is 0 Å². The zero-order chi connectivity index (χ0) is 47.0. The summed E-state index contributed by atoms with van der Waals surface area (Å²) in [5.41, 5.74) is 6.03. The summed E-state index contributed by atoms with van der Waals surface area (Å²) < 4.78 is 89.4. The Morgan fingerprint density at radius 3 is 0.900 bits per heavy atom. The Morgan fingerprint density at radius 2 is 0.571 bits per heavy atom. The quantitative estimate of drug-likeness (QED) is 0.153. The van der Waals surface area contributed by atoms with Crippen LogP contribution in [-0.2, 0) is 6.18 Å². The van der Waals surface area contributed by atoms with Gasteiger partial charge in [-0.3, -0.25) is 0 Å². The van der Waals surface area contributed by atoms with Crippen molar-refractivity contribution >= 4 is 87.2 Å². The normalized spacial score (nSPS) is 12.4. The largest absolute Gasteiger partial charge is 0.416 e. The summed E-state index contributed by atoms with van der Waals surface area (Å²) in [7, 11) is 0. The molecule has 10 aromatic carbocycles. The van der Waals surface area contributed by atoms with E-state index in [2.05, 4.69) is 33.4 Å². The van der Waals surface area contributed by atoms with Gasteiger partial charge in [-0.2, -0.15) is 13.2 Å². The third-order valence-corrected chi connectivity index (χ3v) is 14.1. The lowest BCUT2D eigenvalue weighted by Gasteiger charge is -2.23. The maximum absolute atomic E-state index is 17.0. The molecule has 0 unspecified atom stereocenters. The van der Waals surface area contributed by atoms with Gasteiger partial charge in [0.15, 0.2) is 0 Å². The van der Waals surface area contributed by atoms with E-state index in [4.69, 9.17) is 0 Å². The number of hydrogen-bond donors (Lipinski definition) is 0. The molecule has 4 nitrogen and oxygen atoms in total. The summed E-state index contributed by atoms with van der Waals surface area (Å²) in [4.78, 5) is 0. The van der Waals surface area contributed by atoms with Crippen LogP contribution in [0.3, 0.4) is 0 Å². The Kier molecular flexibility index (Phi) is 8.47. The van der Waals surface area contributed by atoms with Gasteiger partial charge in [-0.1, -0.05) is 127 Å². The predicted molar refractivity (Wildman–Crippen MR) is 274 cm³/mol. The number of fused-ring (bicyclic) bond motifs is 12. The highest BCUT2D eigenvalue weighted by Gasteiger charge is 2.35. The lowest BCUT2D eigenvalue weighted by Crippen LogP contribution is -2.12. The first kappa shape index (κ1) is 40.1. The third kappa shape index (κ3) is 5.69. The minimum absolute atomic E-state index is 0.0381. The lowest BCUT2D eigenvalue weighted by atomic mass is 9.96. The van der Waals surface area contributed by atoms with Crippen LogP contribution >= 0.6 is 0 Å². The molecule has 334 valence electrons. The molecular formula is C61H35F5N4. The van der Waals surface area contributed by atoms with Crippen LogP contribution in [0.15, 0.2) is 212 Å². The van der Waals surface area contributed by atoms with Crippen LogP contribution < -0.4 is 0 Å². The molecule has 0 fully saturated rings. The molecule has 0 atom stereocenters. The molecule has 9 heteroatoms. The molecule has 0 aliphatic carbocycles. The van der Waals surface area contributed by atoms with Crippen LogP contribution in [0.25, 0.3) is 121 Å². The molecule has 4 heterocycles. The summed E-state index contributed by atoms with van der Waals surface area (Å²) in [6.45, 7) is 0. The number of rotatable bonds is 5. The van der Waals surface area contributed by atoms with Crippen LogP contribution in [0.4, 0.5) is 22.0 Å². The maximum atomic E-state index is 17.0. The standard InChI is InChI=1S/C61H35F5N4/c62-47-20-13-21-48(63)59(47)60-57(69-53-26-11-5-18-43(53)45-30-28-37(34-55(45)69)67-49-22-7-1-14-39(49)40-15-2-8-23-50(40)67)32-36(61(64,65)66)33-58(60)70-54-27-12-6-19-44(54)46-31-29-38(35-56(46)70)68-51-24-9-3-16-41(51)42-17-4-10-25-52(42)68/h1-35H. The van der Waals surface area contributed by atoms with E-state index in [0.717, 1.165) is 101 Å². The van der Waals surface area contributed by atoms with Gasteiger partial charge in [0.1, 0.15) is 11.6 Å². The minimum atomic E-state index is -4.88. The minimum Gasteiger partial charge on any atom is -0.309 e. The molecule has 14 rings (SSSR count). The van der Waals surface area contributed by atoms with Crippen molar-refractivity contribution in [3.63, 3.8) is 0 Å². The number of para-hydroxylation sites is 6. The number of halogens is 5. The van der Waals surface area contributed by atoms with Crippen molar-refractivity contribution in [2.45, 2.75) is 6.18 Å². The van der Waals surface area contributed by atoms with Gasteiger partial charge >= 0.3 is 6.18 Å². The zero-order valence-corrected chi connectivity index (χ0v) is 36.9. The van der Waals surface area contributed by atoms with Crippen LogP contribution in [-0.4, -0.2) is 18.3 Å². The van der Waals surface area contributed by atoms with Crippen LogP contribution in [0.5, 0.6) is 0 Å². The van der Waals surface area contributed by atoms with Crippen molar-refractivity contribution in [3.8, 4) is 33.9 Å². The highest BCUT2D eigenvalue weighted by molar-refractivity contribution is 6.15. The van der Waals surface area contributed by atoms with Crippen molar-refractivity contribution in [1.29, 1.82) is 0 Å². The molecule has 0 amide bonds. The van der Waals surface area contributed by atoms with Crippen molar-refractivity contribution in [1.82, 2.24) is 18.3 Å². The summed E-state index contributed by atoms with van der Waals surface area (Å²) in [6, 6.07) is 64.9. The lowest BCUT2D eigenvalue weighted by molar-refractivity contribution is -0.137. The topological polar surface area (TPSA) is 19.7 Å². The first-order valence-corrected chi connectivity index (χ1v) is 23.0. The van der Waals surface area contributed by atoms with Gasteiger partial charge in [0, 0.05) is 60.0 Å². The van der Waals surface area contributed by atoms with Crippen LogP contribution in [0.2, 0.25) is 0 Å². The Balaban J connectivity index is 1.14. The fraction of sp³-hybridized carbons (Fsp3) is 0.0164. The average molecular weight is 919 g/mol. The summed E-state index contributed by atoms with van der Waals surface area (Å²) >= 11 is 0. The predicted octanol–water partition coefficient (Wildman–Crippen LogP) is 17.0. The van der Waals surface area contributed by atoms with Gasteiger partial charge in [-0.25, -0.2) is 8.78 Å². The van der Waals surface area contributed by atoms with Gasteiger partial charge < -0.3 is 18.3 Å². The SMILES string of the molecule is Fc1cccc(F)c1-c1c(-n2c3ccccc3c3ccc(-n4c5ccccc5c5ccccc54)cc32)cc(C(F)(F)F)cc1-n1c2ccccc2c2ccc(-n3c4ccccc4c4ccccc43)cc21. The molecule has 0 spiro atoms. The van der Waals surface area contributed by atoms with Crippen molar-refractivity contribution in [3.05, 3.63) is 230 Å². The van der Waals surface area contributed by atoms with E-state index in [1.54, 1.807) is 9.13 Å². The molecule has 0 saturated carbocycles. The van der Waals surface area contributed by atoms with E-state index in [9.17, 15) is 0 Å². The maximum Gasteiger partial charge on any atom is 0.416 e. The third-order valence-electron chi connectivity index (χ3n) is 14.1. The van der Waals surface area contributed by atoms with Crippen LogP contribution in [0.1, 0.15) is 5.56 Å². The molecule has 4 aromatic heterocycles. The summed E-state index contributed by atoms with van der Waals surface area (Å²) in [5, 5.41) is 7.23. The Morgan fingerprint density at radius 1 is 0.271 bits per heavy atom. The number of aromatic nitrogens is 4. The molecule has 0 aliphatic heterocycles. The molecule has 0 N–H and O–H groups in total. The first-order chi connectivity index (χ1) is 34.2. The Labute approximate surface area is 395 Å². The molecule has 0 radical (unpaired) electrons. The monoisotopic (exact) mass is 918 g/mol. The van der Waals surface area contributed by atoms with E-state index in [-0.39, 0.29) is 16.9 Å². The highest BCUT2D eigenvalue weighted by atomic mass is 19.4. The molecule has 14 aromatic rings. The van der Waals surface area contributed by atoms with E-state index in [0.29, 0.717) is 22.1 Å². The van der Waals surface area contributed by atoms with Crippen LogP contribution in [0, 0.1) is 11.6 Å². The zero-order valence-electron chi connectivity index (χ0n) is 36.9. The first-order valence-electron chi connectivity index (χ1n) is 23.0. The number of nitrogens with zero attached hydrogens (tertiary/aromatic N) is 4. The summed E-state index contributed by atoms with van der Waals surface area (Å²) in [5.74, 6) is -1.83. The second-order valence-corrected chi connectivity index (χ2v) is 17.8. The smallest absolute Gasteiger partial charge is 0.309 e. The van der Waals surface area contributed by atoms with Gasteiger partial charge in [0.25, 0.3) is 0 Å². The van der Waals surface area contributed by atoms with Crippen molar-refractivity contribution in [2.75, 3.05) is 0 Å². The van der Waals surface area contributed by atoms with E-state index in [1.807, 2.05) is 158 Å². The van der Waals surface area contributed by atoms with E-state index < -0.39 is 28.9 Å². The molecule has 0 bridgehead atoms. The number of hydrogen-bond acceptors (Lipinski definition) is 0. The number of benzene rings is 10. The van der Waals surface area contributed by atoms with Gasteiger partial charge in [0.05, 0.1) is 66.6 Å². The van der Waals surface area contributed by atoms with E-state index >= 15 is 22.0 Å².